The van der Waals surface area contributed by atoms with Gasteiger partial charge >= 0.3 is 0 Å². The zero-order chi connectivity index (χ0) is 14.0. The molecular weight excluding hydrogens is 278 g/mol. The van der Waals surface area contributed by atoms with Gasteiger partial charge in [-0.25, -0.2) is 27.3 Å². The van der Waals surface area contributed by atoms with Gasteiger partial charge in [0.25, 0.3) is 0 Å². The van der Waals surface area contributed by atoms with Gasteiger partial charge in [-0.3, -0.25) is 0 Å². The van der Waals surface area contributed by atoms with Crippen LogP contribution in [-0.2, 0) is 10.0 Å². The molecule has 100 valence electrons. The summed E-state index contributed by atoms with van der Waals surface area (Å²) in [5.74, 6) is -2.29. The van der Waals surface area contributed by atoms with Gasteiger partial charge in [-0.1, -0.05) is 0 Å². The van der Waals surface area contributed by atoms with Gasteiger partial charge in [-0.15, -0.1) is 0 Å². The molecule has 1 aromatic carbocycles. The number of sulfonamides is 1. The van der Waals surface area contributed by atoms with E-state index in [1.165, 1.54) is 18.3 Å². The van der Waals surface area contributed by atoms with Crippen LogP contribution in [0.3, 0.4) is 0 Å². The fourth-order valence-corrected chi connectivity index (χ4v) is 1.97. The average molecular weight is 286 g/mol. The maximum absolute atomic E-state index is 13.0. The van der Waals surface area contributed by atoms with Gasteiger partial charge in [0, 0.05) is 24.4 Å². The first-order chi connectivity index (χ1) is 8.86. The van der Waals surface area contributed by atoms with Gasteiger partial charge in [0.2, 0.25) is 15.9 Å². The molecule has 0 aliphatic rings. The lowest BCUT2D eigenvalue weighted by molar-refractivity contribution is 0.437. The zero-order valence-electron chi connectivity index (χ0n) is 9.38. The minimum atomic E-state index is -4.05. The number of primary sulfonamides is 1. The lowest BCUT2D eigenvalue weighted by Crippen LogP contribution is -2.13. The minimum Gasteiger partial charge on any atom is -0.437 e. The lowest BCUT2D eigenvalue weighted by Gasteiger charge is -2.08. The van der Waals surface area contributed by atoms with Crippen molar-refractivity contribution in [3.63, 3.8) is 0 Å². The van der Waals surface area contributed by atoms with Gasteiger partial charge in [0.1, 0.15) is 22.3 Å². The molecule has 5 nitrogen and oxygen atoms in total. The maximum atomic E-state index is 13.0. The molecule has 0 spiro atoms. The van der Waals surface area contributed by atoms with Crippen molar-refractivity contribution in [3.05, 3.63) is 48.2 Å². The van der Waals surface area contributed by atoms with Crippen LogP contribution < -0.4 is 9.88 Å². The number of nitrogens with zero attached hydrogens (tertiary/aromatic N) is 1. The summed E-state index contributed by atoms with van der Waals surface area (Å²) in [5.41, 5.74) is 0. The van der Waals surface area contributed by atoms with E-state index in [9.17, 15) is 17.2 Å². The fourth-order valence-electron chi connectivity index (χ4n) is 1.37. The Hall–Kier alpha value is -2.06. The van der Waals surface area contributed by atoms with Crippen LogP contribution in [0.25, 0.3) is 0 Å². The highest BCUT2D eigenvalue weighted by molar-refractivity contribution is 7.89. The lowest BCUT2D eigenvalue weighted by atomic mass is 10.3. The molecule has 19 heavy (non-hydrogen) atoms. The van der Waals surface area contributed by atoms with E-state index in [4.69, 9.17) is 9.88 Å². The number of benzene rings is 1. The first-order valence-corrected chi connectivity index (χ1v) is 6.52. The Morgan fingerprint density at radius 2 is 1.79 bits per heavy atom. The second-order valence-electron chi connectivity index (χ2n) is 3.56. The fraction of sp³-hybridized carbons (Fsp3) is 0. The summed E-state index contributed by atoms with van der Waals surface area (Å²) in [6.45, 7) is 0. The Morgan fingerprint density at radius 3 is 2.37 bits per heavy atom. The highest BCUT2D eigenvalue weighted by Gasteiger charge is 2.17. The van der Waals surface area contributed by atoms with E-state index in [1.807, 2.05) is 0 Å². The summed E-state index contributed by atoms with van der Waals surface area (Å²) in [6, 6.07) is 4.97. The average Bonchev–Trinajstić information content (AvgIpc) is 2.26. The Balaban J connectivity index is 2.44. The van der Waals surface area contributed by atoms with Gasteiger partial charge in [-0.2, -0.15) is 0 Å². The van der Waals surface area contributed by atoms with Crippen LogP contribution in [0.1, 0.15) is 0 Å². The second kappa shape index (κ2) is 4.90. The standard InChI is InChI=1S/C11H8F2N2O3S/c12-7-4-8(13)6-9(5-7)18-11-10(19(14,16)17)2-1-3-15-11/h1-6H,(H2,14,16,17). The SMILES string of the molecule is NS(=O)(=O)c1cccnc1Oc1cc(F)cc(F)c1. The normalized spacial score (nSPS) is 11.3. The molecule has 0 saturated heterocycles. The van der Waals surface area contributed by atoms with Gasteiger partial charge in [-0.05, 0) is 12.1 Å². The van der Waals surface area contributed by atoms with Crippen molar-refractivity contribution in [1.82, 2.24) is 4.98 Å². The Kier molecular flexibility index (Phi) is 3.45. The third-order valence-corrected chi connectivity index (χ3v) is 3.02. The molecule has 0 aliphatic heterocycles. The first kappa shape index (κ1) is 13.4. The Morgan fingerprint density at radius 1 is 1.16 bits per heavy atom. The van der Waals surface area contributed by atoms with Crippen LogP contribution in [0.15, 0.2) is 41.4 Å². The molecule has 0 bridgehead atoms. The van der Waals surface area contributed by atoms with E-state index in [1.54, 1.807) is 0 Å². The molecule has 1 heterocycles. The summed E-state index contributed by atoms with van der Waals surface area (Å²) < 4.78 is 53.6. The number of hydrogen-bond donors (Lipinski definition) is 1. The van der Waals surface area contributed by atoms with Gasteiger partial charge < -0.3 is 4.74 Å². The van der Waals surface area contributed by atoms with E-state index in [2.05, 4.69) is 4.98 Å². The summed E-state index contributed by atoms with van der Waals surface area (Å²) >= 11 is 0. The van der Waals surface area contributed by atoms with Crippen molar-refractivity contribution >= 4 is 10.0 Å². The van der Waals surface area contributed by atoms with Crippen molar-refractivity contribution in [2.75, 3.05) is 0 Å². The van der Waals surface area contributed by atoms with Gasteiger partial charge in [0.05, 0.1) is 0 Å². The third kappa shape index (κ3) is 3.24. The van der Waals surface area contributed by atoms with Crippen molar-refractivity contribution < 1.29 is 21.9 Å². The molecule has 2 N–H and O–H groups in total. The maximum Gasteiger partial charge on any atom is 0.243 e. The molecule has 2 rings (SSSR count). The molecule has 8 heteroatoms. The molecule has 0 radical (unpaired) electrons. The molecule has 0 atom stereocenters. The van der Waals surface area contributed by atoms with E-state index in [-0.39, 0.29) is 16.5 Å². The molecule has 2 aromatic rings. The van der Waals surface area contributed by atoms with Crippen molar-refractivity contribution in [1.29, 1.82) is 0 Å². The number of rotatable bonds is 3. The predicted octanol–water partition coefficient (Wildman–Crippen LogP) is 1.80. The molecule has 0 fully saturated rings. The van der Waals surface area contributed by atoms with E-state index < -0.39 is 21.7 Å². The summed E-state index contributed by atoms with van der Waals surface area (Å²) in [5, 5.41) is 4.98. The van der Waals surface area contributed by atoms with E-state index in [0.29, 0.717) is 6.07 Å². The molecule has 0 amide bonds. The van der Waals surface area contributed by atoms with Crippen LogP contribution >= 0.6 is 0 Å². The first-order valence-electron chi connectivity index (χ1n) is 4.98. The monoisotopic (exact) mass is 286 g/mol. The number of nitrogens with two attached hydrogens (primary N) is 1. The van der Waals surface area contributed by atoms with Crippen molar-refractivity contribution in [2.45, 2.75) is 4.90 Å². The quantitative estimate of drug-likeness (QED) is 0.932. The topological polar surface area (TPSA) is 82.3 Å². The third-order valence-electron chi connectivity index (χ3n) is 2.09. The number of hydrogen-bond acceptors (Lipinski definition) is 4. The number of halogens is 2. The summed E-state index contributed by atoms with van der Waals surface area (Å²) in [7, 11) is -4.05. The van der Waals surface area contributed by atoms with Crippen molar-refractivity contribution in [3.8, 4) is 11.6 Å². The number of aromatic nitrogens is 1. The zero-order valence-corrected chi connectivity index (χ0v) is 10.2. The second-order valence-corrected chi connectivity index (χ2v) is 5.09. The minimum absolute atomic E-state index is 0.221. The van der Waals surface area contributed by atoms with Crippen LogP contribution in [0.5, 0.6) is 11.6 Å². The highest BCUT2D eigenvalue weighted by atomic mass is 32.2. The largest absolute Gasteiger partial charge is 0.437 e. The highest BCUT2D eigenvalue weighted by Crippen LogP contribution is 2.26. The smallest absolute Gasteiger partial charge is 0.243 e. The summed E-state index contributed by atoms with van der Waals surface area (Å²) in [6.07, 6.45) is 1.26. The van der Waals surface area contributed by atoms with Crippen LogP contribution in [0.4, 0.5) is 8.78 Å². The van der Waals surface area contributed by atoms with E-state index in [0.717, 1.165) is 12.1 Å². The molecule has 1 aromatic heterocycles. The molecule has 0 unspecified atom stereocenters. The van der Waals surface area contributed by atoms with Crippen LogP contribution in [-0.4, -0.2) is 13.4 Å². The molecule has 0 aliphatic carbocycles. The van der Waals surface area contributed by atoms with Gasteiger partial charge in [0.15, 0.2) is 0 Å². The van der Waals surface area contributed by atoms with Crippen molar-refractivity contribution in [2.24, 2.45) is 5.14 Å². The van der Waals surface area contributed by atoms with Crippen LogP contribution in [0, 0.1) is 11.6 Å². The molecule has 0 saturated carbocycles. The van der Waals surface area contributed by atoms with E-state index >= 15 is 0 Å². The number of pyridine rings is 1. The Labute approximate surface area is 107 Å². The Bertz CT molecular complexity index is 699. The summed E-state index contributed by atoms with van der Waals surface area (Å²) in [4.78, 5) is 3.30. The number of ether oxygens (including phenoxy) is 1. The van der Waals surface area contributed by atoms with Crippen LogP contribution in [0.2, 0.25) is 0 Å². The predicted molar refractivity (Wildman–Crippen MR) is 62.0 cm³/mol. The molecular formula is C11H8F2N2O3S.